The maximum absolute atomic E-state index is 13.6. The Morgan fingerprint density at radius 1 is 1.09 bits per heavy atom. The Morgan fingerprint density at radius 3 is 2.43 bits per heavy atom. The minimum Gasteiger partial charge on any atom is -0.442 e. The van der Waals surface area contributed by atoms with E-state index >= 15 is 0 Å². The van der Waals surface area contributed by atoms with E-state index < -0.39 is 40.1 Å². The van der Waals surface area contributed by atoms with Gasteiger partial charge >= 0.3 is 12.3 Å². The molecule has 0 radical (unpaired) electrons. The van der Waals surface area contributed by atoms with Crippen LogP contribution in [0.3, 0.4) is 0 Å². The lowest BCUT2D eigenvalue weighted by Gasteiger charge is -2.22. The van der Waals surface area contributed by atoms with Crippen LogP contribution in [-0.4, -0.2) is 54.4 Å². The number of aromatic nitrogens is 5. The number of alkyl halides is 3. The van der Waals surface area contributed by atoms with E-state index in [1.807, 2.05) is 0 Å². The molecule has 0 bridgehead atoms. The second-order valence-electron chi connectivity index (χ2n) is 11.6. The number of rotatable bonds is 6. The summed E-state index contributed by atoms with van der Waals surface area (Å²) in [6.45, 7) is 10.1. The number of aryl methyl sites for hydroxylation is 1. The molecule has 1 aliphatic heterocycles. The predicted octanol–water partition coefficient (Wildman–Crippen LogP) is 6.68. The quantitative estimate of drug-likeness (QED) is 0.185. The van der Waals surface area contributed by atoms with Gasteiger partial charge in [0.25, 0.3) is 5.69 Å². The van der Waals surface area contributed by atoms with Crippen molar-refractivity contribution in [3.8, 4) is 11.1 Å². The topological polar surface area (TPSA) is 141 Å². The lowest BCUT2D eigenvalue weighted by Crippen LogP contribution is -2.27. The van der Waals surface area contributed by atoms with E-state index in [2.05, 4.69) is 25.3 Å². The molecule has 5 rings (SSSR count). The first-order valence-corrected chi connectivity index (χ1v) is 13.9. The van der Waals surface area contributed by atoms with Gasteiger partial charge in [0.2, 0.25) is 0 Å². The molecule has 44 heavy (non-hydrogen) atoms. The van der Waals surface area contributed by atoms with Gasteiger partial charge < -0.3 is 15.0 Å². The number of halogens is 3. The fourth-order valence-corrected chi connectivity index (χ4v) is 4.96. The van der Waals surface area contributed by atoms with Crippen LogP contribution in [-0.2, 0) is 10.9 Å². The van der Waals surface area contributed by atoms with Gasteiger partial charge in [0.05, 0.1) is 28.1 Å². The largest absolute Gasteiger partial charge is 0.442 e. The van der Waals surface area contributed by atoms with Crippen molar-refractivity contribution in [3.63, 3.8) is 0 Å². The molecule has 1 N–H and O–H groups in total. The summed E-state index contributed by atoms with van der Waals surface area (Å²) < 4.78 is 47.2. The summed E-state index contributed by atoms with van der Waals surface area (Å²) in [7, 11) is 0. The highest BCUT2D eigenvalue weighted by Gasteiger charge is 2.33. The number of nitrogens with one attached hydrogen (secondary N) is 1. The minimum atomic E-state index is -4.77. The molecule has 0 saturated carbocycles. The molecule has 1 saturated heterocycles. The van der Waals surface area contributed by atoms with Crippen LogP contribution < -0.4 is 10.2 Å². The van der Waals surface area contributed by atoms with Gasteiger partial charge in [-0.15, -0.1) is 0 Å². The van der Waals surface area contributed by atoms with Crippen LogP contribution in [0.1, 0.15) is 63.5 Å². The standard InChI is InChI=1S/C29H31F3N8O4/c1-16(18-10-20(29(30,31)32)12-21(11-18)40(42)43)34-24-23-13-22(19-14-33-39(15-19)27(41)44-28(3,4)5)26(38-8-6-7-9-38)37-25(23)36-17(2)35-24/h10-16H,6-9H2,1-5H3,(H,34,35,36,37)/t16-/m1/s1. The molecule has 1 aliphatic rings. The molecule has 12 nitrogen and oxygen atoms in total. The third kappa shape index (κ3) is 6.55. The first-order valence-electron chi connectivity index (χ1n) is 13.9. The van der Waals surface area contributed by atoms with Crippen molar-refractivity contribution in [2.45, 2.75) is 65.3 Å². The maximum atomic E-state index is 13.6. The molecule has 1 atom stereocenters. The highest BCUT2D eigenvalue weighted by molar-refractivity contribution is 5.94. The van der Waals surface area contributed by atoms with E-state index in [1.165, 1.54) is 6.20 Å². The molecule has 4 heterocycles. The van der Waals surface area contributed by atoms with Gasteiger partial charge in [-0.1, -0.05) is 0 Å². The number of hydrogen-bond acceptors (Lipinski definition) is 10. The Balaban J connectivity index is 1.60. The van der Waals surface area contributed by atoms with E-state index in [9.17, 15) is 28.1 Å². The van der Waals surface area contributed by atoms with Crippen molar-refractivity contribution in [3.05, 3.63) is 63.7 Å². The molecular formula is C29H31F3N8O4. The highest BCUT2D eigenvalue weighted by atomic mass is 19.4. The maximum Gasteiger partial charge on any atom is 0.435 e. The smallest absolute Gasteiger partial charge is 0.435 e. The van der Waals surface area contributed by atoms with Crippen LogP contribution in [0.25, 0.3) is 22.2 Å². The molecule has 0 amide bonds. The second-order valence-corrected chi connectivity index (χ2v) is 11.6. The number of carbonyl (C=O) groups is 1. The van der Waals surface area contributed by atoms with Gasteiger partial charge in [-0.3, -0.25) is 10.1 Å². The molecule has 15 heteroatoms. The first-order chi connectivity index (χ1) is 20.6. The number of fused-ring (bicyclic) bond motifs is 1. The number of ether oxygens (including phenoxy) is 1. The van der Waals surface area contributed by atoms with Gasteiger partial charge in [0.1, 0.15) is 23.1 Å². The fraction of sp³-hybridized carbons (Fsp3) is 0.414. The second kappa shape index (κ2) is 11.4. The summed E-state index contributed by atoms with van der Waals surface area (Å²) in [4.78, 5) is 39.2. The molecule has 0 unspecified atom stereocenters. The molecule has 0 aliphatic carbocycles. The van der Waals surface area contributed by atoms with E-state index in [-0.39, 0.29) is 11.4 Å². The number of nitrogens with zero attached hydrogens (tertiary/aromatic N) is 7. The fourth-order valence-electron chi connectivity index (χ4n) is 4.96. The zero-order chi connectivity index (χ0) is 32.0. The van der Waals surface area contributed by atoms with Crippen molar-refractivity contribution >= 4 is 34.4 Å². The highest BCUT2D eigenvalue weighted by Crippen LogP contribution is 2.38. The van der Waals surface area contributed by atoms with Gasteiger partial charge in [-0.25, -0.2) is 19.7 Å². The van der Waals surface area contributed by atoms with Crippen LogP contribution in [0.2, 0.25) is 0 Å². The first kappa shape index (κ1) is 30.6. The van der Waals surface area contributed by atoms with Gasteiger partial charge in [0, 0.05) is 42.5 Å². The van der Waals surface area contributed by atoms with E-state index in [1.54, 1.807) is 46.9 Å². The van der Waals surface area contributed by atoms with E-state index in [0.717, 1.165) is 42.7 Å². The lowest BCUT2D eigenvalue weighted by atomic mass is 10.0. The van der Waals surface area contributed by atoms with Crippen molar-refractivity contribution < 1.29 is 27.6 Å². The number of benzene rings is 1. The summed E-state index contributed by atoms with van der Waals surface area (Å²) in [5, 5.41) is 19.2. The van der Waals surface area contributed by atoms with Crippen LogP contribution in [0.15, 0.2) is 36.7 Å². The number of non-ortho nitro benzene ring substituents is 1. The zero-order valence-electron chi connectivity index (χ0n) is 24.8. The lowest BCUT2D eigenvalue weighted by molar-refractivity contribution is -0.385. The molecule has 1 fully saturated rings. The summed E-state index contributed by atoms with van der Waals surface area (Å²) in [5.41, 5.74) is -0.883. The Hall–Kier alpha value is -4.82. The number of carbonyl (C=O) groups excluding carboxylic acids is 1. The molecule has 1 aromatic carbocycles. The third-order valence-electron chi connectivity index (χ3n) is 6.99. The molecule has 4 aromatic rings. The molecule has 232 valence electrons. The monoisotopic (exact) mass is 612 g/mol. The molecular weight excluding hydrogens is 581 g/mol. The summed E-state index contributed by atoms with van der Waals surface area (Å²) in [6, 6.07) is 3.47. The number of nitro benzene ring substituents is 1. The summed E-state index contributed by atoms with van der Waals surface area (Å²) in [5.74, 6) is 1.29. The third-order valence-corrected chi connectivity index (χ3v) is 6.99. The average molecular weight is 613 g/mol. The van der Waals surface area contributed by atoms with E-state index in [0.29, 0.717) is 39.9 Å². The van der Waals surface area contributed by atoms with Crippen LogP contribution in [0.5, 0.6) is 0 Å². The van der Waals surface area contributed by atoms with Crippen LogP contribution in [0.4, 0.5) is 35.3 Å². The van der Waals surface area contributed by atoms with Crippen molar-refractivity contribution in [2.75, 3.05) is 23.3 Å². The summed E-state index contributed by atoms with van der Waals surface area (Å²) in [6.07, 6.45) is -0.389. The Morgan fingerprint density at radius 2 is 1.80 bits per heavy atom. The van der Waals surface area contributed by atoms with Gasteiger partial charge in [-0.05, 0) is 65.2 Å². The minimum absolute atomic E-state index is 0.0523. The van der Waals surface area contributed by atoms with Crippen LogP contribution in [0, 0.1) is 17.0 Å². The van der Waals surface area contributed by atoms with Crippen LogP contribution >= 0.6 is 0 Å². The van der Waals surface area contributed by atoms with Gasteiger partial charge in [0.15, 0.2) is 5.65 Å². The Kier molecular flexibility index (Phi) is 7.90. The number of anilines is 2. The predicted molar refractivity (Wildman–Crippen MR) is 157 cm³/mol. The number of pyridine rings is 1. The molecule has 0 spiro atoms. The Labute approximate surface area is 250 Å². The summed E-state index contributed by atoms with van der Waals surface area (Å²) >= 11 is 0. The molecule has 3 aromatic heterocycles. The normalized spacial score (nSPS) is 14.6. The van der Waals surface area contributed by atoms with E-state index in [4.69, 9.17) is 9.72 Å². The Bertz CT molecular complexity index is 1740. The van der Waals surface area contributed by atoms with Crippen molar-refractivity contribution in [1.82, 2.24) is 24.7 Å². The zero-order valence-corrected chi connectivity index (χ0v) is 24.8. The van der Waals surface area contributed by atoms with Crippen molar-refractivity contribution in [1.29, 1.82) is 0 Å². The van der Waals surface area contributed by atoms with Crippen molar-refractivity contribution in [2.24, 2.45) is 0 Å². The SMILES string of the molecule is Cc1nc(N[C@H](C)c2cc([N+](=O)[O-])cc(C(F)(F)F)c2)c2cc(-c3cnn(C(=O)OC(C)(C)C)c3)c(N3CCCC3)nc2n1. The average Bonchev–Trinajstić information content (AvgIpc) is 3.64. The van der Waals surface area contributed by atoms with Gasteiger partial charge in [-0.2, -0.15) is 23.0 Å². The number of nitro groups is 1. The number of hydrogen-bond donors (Lipinski definition) is 1.